The zero-order valence-electron chi connectivity index (χ0n) is 25.6. The molecule has 0 saturated carbocycles. The van der Waals surface area contributed by atoms with Gasteiger partial charge in [-0.1, -0.05) is 128 Å². The predicted octanol–water partition coefficient (Wildman–Crippen LogP) is 8.73. The van der Waals surface area contributed by atoms with Gasteiger partial charge < -0.3 is 24.6 Å². The first-order valence-corrected chi connectivity index (χ1v) is 15.7. The highest BCUT2D eigenvalue weighted by molar-refractivity contribution is 5.65. The molecule has 226 valence electrons. The fourth-order valence-electron chi connectivity index (χ4n) is 5.03. The van der Waals surface area contributed by atoms with Crippen molar-refractivity contribution in [1.82, 2.24) is 4.90 Å². The second-order valence-electron chi connectivity index (χ2n) is 11.6. The van der Waals surface area contributed by atoms with E-state index in [0.29, 0.717) is 13.2 Å². The lowest BCUT2D eigenvalue weighted by atomic mass is 10.0. The van der Waals surface area contributed by atoms with E-state index >= 15 is 0 Å². The van der Waals surface area contributed by atoms with Gasteiger partial charge in [-0.2, -0.15) is 0 Å². The number of hydrogen-bond donors (Lipinski definition) is 2. The molecule has 0 fully saturated rings. The molecule has 1 aromatic rings. The predicted molar refractivity (Wildman–Crippen MR) is 161 cm³/mol. The van der Waals surface area contributed by atoms with E-state index in [1.54, 1.807) is 7.11 Å². The largest absolute Gasteiger partial charge is 0.465 e. The van der Waals surface area contributed by atoms with Gasteiger partial charge in [0.2, 0.25) is 0 Å². The van der Waals surface area contributed by atoms with E-state index in [9.17, 15) is 15.0 Å². The van der Waals surface area contributed by atoms with Crippen LogP contribution in [0.2, 0.25) is 0 Å². The molecule has 39 heavy (non-hydrogen) atoms. The number of aliphatic hydroxyl groups is 1. The van der Waals surface area contributed by atoms with Crippen LogP contribution < -0.4 is 0 Å². The topological polar surface area (TPSA) is 79.2 Å². The lowest BCUT2D eigenvalue weighted by Gasteiger charge is -2.36. The first kappa shape index (κ1) is 35.4. The second-order valence-corrected chi connectivity index (χ2v) is 11.6. The Bertz CT molecular complexity index is 725. The fourth-order valence-corrected chi connectivity index (χ4v) is 5.03. The van der Waals surface area contributed by atoms with Gasteiger partial charge >= 0.3 is 6.09 Å². The molecule has 6 nitrogen and oxygen atoms in total. The first-order chi connectivity index (χ1) is 18.8. The maximum atomic E-state index is 12.1. The molecule has 2 atom stereocenters. The number of benzene rings is 1. The van der Waals surface area contributed by atoms with Crippen molar-refractivity contribution in [2.75, 3.05) is 20.3 Å². The minimum Gasteiger partial charge on any atom is -0.465 e. The van der Waals surface area contributed by atoms with E-state index in [1.807, 2.05) is 38.1 Å². The van der Waals surface area contributed by atoms with Crippen molar-refractivity contribution in [3.8, 4) is 0 Å². The highest BCUT2D eigenvalue weighted by atomic mass is 16.5. The Morgan fingerprint density at radius 2 is 1.31 bits per heavy atom. The number of ether oxygens (including phenoxy) is 2. The molecule has 2 N–H and O–H groups in total. The Balaban J connectivity index is 2.21. The number of hydrogen-bond acceptors (Lipinski definition) is 4. The normalized spacial score (nSPS) is 13.8. The Morgan fingerprint density at radius 1 is 0.846 bits per heavy atom. The number of nitrogens with zero attached hydrogens (tertiary/aromatic N) is 1. The molecule has 0 aliphatic rings. The van der Waals surface area contributed by atoms with Crippen molar-refractivity contribution in [2.45, 2.75) is 148 Å². The summed E-state index contributed by atoms with van der Waals surface area (Å²) in [5.41, 5.74) is 1.13. The van der Waals surface area contributed by atoms with E-state index in [2.05, 4.69) is 6.92 Å². The summed E-state index contributed by atoms with van der Waals surface area (Å²) in [5.74, 6) is 0. The number of carboxylic acid groups (broad SMARTS) is 1. The molecule has 0 aromatic heterocycles. The van der Waals surface area contributed by atoms with Crippen molar-refractivity contribution >= 4 is 6.09 Å². The van der Waals surface area contributed by atoms with Gasteiger partial charge in [-0.15, -0.1) is 0 Å². The smallest absolute Gasteiger partial charge is 0.407 e. The molecule has 0 aliphatic heterocycles. The number of aliphatic hydroxyl groups excluding tert-OH is 1. The Kier molecular flexibility index (Phi) is 20.1. The molecule has 1 aromatic carbocycles. The summed E-state index contributed by atoms with van der Waals surface area (Å²) in [6, 6.07) is 7.54. The molecular formula is C33H59NO5. The van der Waals surface area contributed by atoms with Crippen molar-refractivity contribution < 1.29 is 24.5 Å². The molecule has 1 rings (SSSR count). The third kappa shape index (κ3) is 16.9. The summed E-state index contributed by atoms with van der Waals surface area (Å²) < 4.78 is 11.6. The standard InChI is InChI=1S/C33H59NO5/c1-5-6-7-8-9-10-11-12-13-14-15-16-17-18-19-20-29(2)34(32(36)37)27-33(3,38-4)28-39-26-31-23-21-30(25-35)22-24-31/h21-24,29,35H,5-20,25-28H2,1-4H3,(H,36,37). The van der Waals surface area contributed by atoms with Crippen LogP contribution in [0.4, 0.5) is 4.79 Å². The number of rotatable bonds is 25. The SMILES string of the molecule is CCCCCCCCCCCCCCCCCC(C)N(CC(C)(COCc1ccc(CO)cc1)OC)C(=O)O. The van der Waals surface area contributed by atoms with Gasteiger partial charge in [-0.05, 0) is 31.4 Å². The molecule has 0 heterocycles. The summed E-state index contributed by atoms with van der Waals surface area (Å²) in [6.45, 7) is 7.16. The van der Waals surface area contributed by atoms with Crippen molar-refractivity contribution in [1.29, 1.82) is 0 Å². The Morgan fingerprint density at radius 3 is 1.74 bits per heavy atom. The molecule has 0 bridgehead atoms. The van der Waals surface area contributed by atoms with E-state index in [1.165, 1.54) is 88.4 Å². The molecule has 6 heteroatoms. The van der Waals surface area contributed by atoms with Gasteiger partial charge in [-0.25, -0.2) is 4.79 Å². The maximum absolute atomic E-state index is 12.1. The lowest BCUT2D eigenvalue weighted by Crippen LogP contribution is -2.50. The summed E-state index contributed by atoms with van der Waals surface area (Å²) in [5, 5.41) is 19.1. The first-order valence-electron chi connectivity index (χ1n) is 15.7. The van der Waals surface area contributed by atoms with Crippen LogP contribution in [0.1, 0.15) is 135 Å². The summed E-state index contributed by atoms with van der Waals surface area (Å²) in [7, 11) is 1.61. The lowest BCUT2D eigenvalue weighted by molar-refractivity contribution is -0.0844. The fraction of sp³-hybridized carbons (Fsp3) is 0.788. The number of amides is 1. The van der Waals surface area contributed by atoms with Crippen LogP contribution in [-0.2, 0) is 22.7 Å². The van der Waals surface area contributed by atoms with E-state index < -0.39 is 11.7 Å². The van der Waals surface area contributed by atoms with E-state index in [4.69, 9.17) is 9.47 Å². The summed E-state index contributed by atoms with van der Waals surface area (Å²) >= 11 is 0. The monoisotopic (exact) mass is 549 g/mol. The van der Waals surface area contributed by atoms with Crippen molar-refractivity contribution in [2.24, 2.45) is 0 Å². The number of unbranched alkanes of at least 4 members (excludes halogenated alkanes) is 14. The maximum Gasteiger partial charge on any atom is 0.407 e. The summed E-state index contributed by atoms with van der Waals surface area (Å²) in [6.07, 6.45) is 19.9. The van der Waals surface area contributed by atoms with Crippen LogP contribution in [-0.4, -0.2) is 53.1 Å². The molecular weight excluding hydrogens is 490 g/mol. The van der Waals surface area contributed by atoms with Gasteiger partial charge in [0.25, 0.3) is 0 Å². The van der Waals surface area contributed by atoms with Crippen LogP contribution in [0.5, 0.6) is 0 Å². The average molecular weight is 550 g/mol. The zero-order valence-corrected chi connectivity index (χ0v) is 25.6. The van der Waals surface area contributed by atoms with Gasteiger partial charge in [0.1, 0.15) is 5.60 Å². The third-order valence-corrected chi connectivity index (χ3v) is 7.88. The van der Waals surface area contributed by atoms with Crippen LogP contribution in [0.25, 0.3) is 0 Å². The van der Waals surface area contributed by atoms with Gasteiger partial charge in [0, 0.05) is 13.2 Å². The number of carbonyl (C=O) groups is 1. The number of methoxy groups -OCH3 is 1. The van der Waals surface area contributed by atoms with Crippen molar-refractivity contribution in [3.05, 3.63) is 35.4 Å². The Labute approximate surface area is 239 Å². The highest BCUT2D eigenvalue weighted by Gasteiger charge is 2.32. The molecule has 0 spiro atoms. The molecule has 2 unspecified atom stereocenters. The van der Waals surface area contributed by atoms with Gasteiger partial charge in [-0.3, -0.25) is 0 Å². The van der Waals surface area contributed by atoms with E-state index in [0.717, 1.165) is 30.4 Å². The zero-order chi connectivity index (χ0) is 28.8. The molecule has 1 amide bonds. The third-order valence-electron chi connectivity index (χ3n) is 7.88. The minimum absolute atomic E-state index is 0.0193. The van der Waals surface area contributed by atoms with Crippen molar-refractivity contribution in [3.63, 3.8) is 0 Å². The molecule has 0 saturated heterocycles. The highest BCUT2D eigenvalue weighted by Crippen LogP contribution is 2.20. The van der Waals surface area contributed by atoms with Gasteiger partial charge in [0.15, 0.2) is 0 Å². The minimum atomic E-state index is -0.911. The summed E-state index contributed by atoms with van der Waals surface area (Å²) in [4.78, 5) is 13.6. The average Bonchev–Trinajstić information content (AvgIpc) is 2.94. The second kappa shape index (κ2) is 22.1. The van der Waals surface area contributed by atoms with Gasteiger partial charge in [0.05, 0.1) is 26.4 Å². The molecule has 0 radical (unpaired) electrons. The van der Waals surface area contributed by atoms with Crippen LogP contribution in [0, 0.1) is 0 Å². The quantitative estimate of drug-likeness (QED) is 0.119. The van der Waals surface area contributed by atoms with Crippen LogP contribution in [0.3, 0.4) is 0 Å². The van der Waals surface area contributed by atoms with E-state index in [-0.39, 0.29) is 19.2 Å². The Hall–Kier alpha value is -1.63. The van der Waals surface area contributed by atoms with Crippen LogP contribution >= 0.6 is 0 Å². The molecule has 0 aliphatic carbocycles. The van der Waals surface area contributed by atoms with Crippen LogP contribution in [0.15, 0.2) is 24.3 Å².